The Balaban J connectivity index is 2.47. The van der Waals surface area contributed by atoms with Crippen LogP contribution in [-0.2, 0) is 4.74 Å². The molecule has 1 rings (SSSR count). The van der Waals surface area contributed by atoms with Gasteiger partial charge in [0.2, 0.25) is 5.56 Å². The summed E-state index contributed by atoms with van der Waals surface area (Å²) >= 11 is 0. The zero-order valence-corrected chi connectivity index (χ0v) is 11.7. The lowest BCUT2D eigenvalue weighted by Gasteiger charge is -2.19. The van der Waals surface area contributed by atoms with Crippen LogP contribution >= 0.6 is 0 Å². The molecule has 0 atom stereocenters. The van der Waals surface area contributed by atoms with E-state index in [2.05, 4.69) is 10.3 Å². The molecule has 1 aromatic heterocycles. The number of hydrogen-bond acceptors (Lipinski definition) is 3. The third kappa shape index (κ3) is 5.90. The first-order valence-electron chi connectivity index (χ1n) is 6.11. The van der Waals surface area contributed by atoms with E-state index in [-0.39, 0.29) is 5.56 Å². The molecular weight excluding hydrogens is 244 g/mol. The molecule has 0 aliphatic rings. The van der Waals surface area contributed by atoms with Crippen LogP contribution in [0.25, 0.3) is 6.08 Å². The van der Waals surface area contributed by atoms with Gasteiger partial charge in [-0.3, -0.25) is 4.79 Å². The van der Waals surface area contributed by atoms with Crippen LogP contribution in [0.2, 0.25) is 0 Å². The predicted octanol–water partition coefficient (Wildman–Crippen LogP) is 2.22. The minimum absolute atomic E-state index is 0.124. The number of pyridine rings is 1. The third-order valence-corrected chi connectivity index (χ3v) is 2.22. The van der Waals surface area contributed by atoms with Gasteiger partial charge in [-0.05, 0) is 39.3 Å². The molecular formula is C14H20N2O3. The van der Waals surface area contributed by atoms with Gasteiger partial charge >= 0.3 is 6.09 Å². The second kappa shape index (κ2) is 6.22. The van der Waals surface area contributed by atoms with E-state index in [1.54, 1.807) is 12.1 Å². The Kier molecular flexibility index (Phi) is 4.92. The molecule has 5 heteroatoms. The molecule has 0 unspecified atom stereocenters. The van der Waals surface area contributed by atoms with Crippen molar-refractivity contribution in [2.75, 3.05) is 6.54 Å². The molecule has 2 N–H and O–H groups in total. The maximum Gasteiger partial charge on any atom is 0.407 e. The number of aromatic amines is 1. The van der Waals surface area contributed by atoms with Gasteiger partial charge in [-0.25, -0.2) is 4.79 Å². The van der Waals surface area contributed by atoms with Crippen molar-refractivity contribution in [3.8, 4) is 0 Å². The van der Waals surface area contributed by atoms with E-state index < -0.39 is 11.7 Å². The van der Waals surface area contributed by atoms with Crippen LogP contribution in [0, 0.1) is 6.92 Å². The minimum Gasteiger partial charge on any atom is -0.444 e. The Morgan fingerprint density at radius 1 is 1.42 bits per heavy atom. The van der Waals surface area contributed by atoms with E-state index in [1.165, 1.54) is 6.07 Å². The Hall–Kier alpha value is -2.04. The molecule has 0 aliphatic heterocycles. The summed E-state index contributed by atoms with van der Waals surface area (Å²) in [5, 5.41) is 2.62. The van der Waals surface area contributed by atoms with Crippen molar-refractivity contribution in [1.82, 2.24) is 10.3 Å². The second-order valence-electron chi connectivity index (χ2n) is 5.19. The van der Waals surface area contributed by atoms with Gasteiger partial charge in [0, 0.05) is 18.3 Å². The topological polar surface area (TPSA) is 71.2 Å². The van der Waals surface area contributed by atoms with Crippen molar-refractivity contribution >= 4 is 12.2 Å². The molecule has 1 heterocycles. The number of hydrogen-bond donors (Lipinski definition) is 2. The van der Waals surface area contributed by atoms with Crippen LogP contribution in [0.1, 0.15) is 32.0 Å². The molecule has 0 spiro atoms. The first kappa shape index (κ1) is 15.0. The van der Waals surface area contributed by atoms with Gasteiger partial charge in [0.1, 0.15) is 5.60 Å². The summed E-state index contributed by atoms with van der Waals surface area (Å²) in [5.41, 5.74) is 1.08. The molecule has 19 heavy (non-hydrogen) atoms. The van der Waals surface area contributed by atoms with E-state index in [4.69, 9.17) is 4.74 Å². The molecule has 0 radical (unpaired) electrons. The van der Waals surface area contributed by atoms with Crippen molar-refractivity contribution < 1.29 is 9.53 Å². The van der Waals surface area contributed by atoms with Gasteiger partial charge < -0.3 is 15.0 Å². The summed E-state index contributed by atoms with van der Waals surface area (Å²) < 4.78 is 5.10. The van der Waals surface area contributed by atoms with Crippen molar-refractivity contribution in [3.63, 3.8) is 0 Å². The Labute approximate surface area is 112 Å². The van der Waals surface area contributed by atoms with E-state index in [0.717, 1.165) is 11.3 Å². The Bertz CT molecular complexity index is 524. The van der Waals surface area contributed by atoms with E-state index in [9.17, 15) is 9.59 Å². The van der Waals surface area contributed by atoms with Gasteiger partial charge in [0.15, 0.2) is 0 Å². The van der Waals surface area contributed by atoms with Crippen LogP contribution in [0.5, 0.6) is 0 Å². The van der Waals surface area contributed by atoms with Crippen molar-refractivity contribution in [2.24, 2.45) is 0 Å². The van der Waals surface area contributed by atoms with E-state index in [1.807, 2.05) is 33.8 Å². The molecule has 0 bridgehead atoms. The molecule has 0 fully saturated rings. The van der Waals surface area contributed by atoms with Gasteiger partial charge in [-0.1, -0.05) is 12.2 Å². The quantitative estimate of drug-likeness (QED) is 0.879. The van der Waals surface area contributed by atoms with E-state index in [0.29, 0.717) is 6.54 Å². The van der Waals surface area contributed by atoms with Crippen molar-refractivity contribution in [2.45, 2.75) is 33.3 Å². The highest BCUT2D eigenvalue weighted by molar-refractivity contribution is 5.68. The number of amides is 1. The van der Waals surface area contributed by atoms with Gasteiger partial charge in [-0.2, -0.15) is 0 Å². The predicted molar refractivity (Wildman–Crippen MR) is 75.1 cm³/mol. The summed E-state index contributed by atoms with van der Waals surface area (Å²) in [5.74, 6) is 0. The summed E-state index contributed by atoms with van der Waals surface area (Å²) in [6.07, 6.45) is 3.18. The summed E-state index contributed by atoms with van der Waals surface area (Å²) in [6.45, 7) is 7.63. The zero-order valence-electron chi connectivity index (χ0n) is 11.7. The number of carbonyl (C=O) groups excluding carboxylic acids is 1. The normalized spacial score (nSPS) is 11.6. The first-order chi connectivity index (χ1) is 8.78. The number of nitrogens with one attached hydrogen (secondary N) is 2. The number of H-pyrrole nitrogens is 1. The number of ether oxygens (including phenoxy) is 1. The monoisotopic (exact) mass is 264 g/mol. The highest BCUT2D eigenvalue weighted by atomic mass is 16.6. The Morgan fingerprint density at radius 2 is 2.11 bits per heavy atom. The standard InChI is InChI=1S/C14H20N2O3/c1-10-11(7-8-12(17)16-10)6-5-9-15-13(18)19-14(2,3)4/h5-8H,9H2,1-4H3,(H,15,18)(H,16,17). The molecule has 104 valence electrons. The summed E-state index contributed by atoms with van der Waals surface area (Å²) in [4.78, 5) is 25.1. The average Bonchev–Trinajstić information content (AvgIpc) is 2.24. The smallest absolute Gasteiger partial charge is 0.407 e. The van der Waals surface area contributed by atoms with Crippen molar-refractivity contribution in [1.29, 1.82) is 0 Å². The molecule has 1 amide bonds. The number of aromatic nitrogens is 1. The SMILES string of the molecule is Cc1[nH]c(=O)ccc1C=CCNC(=O)OC(C)(C)C. The number of rotatable bonds is 3. The molecule has 1 aromatic rings. The van der Waals surface area contributed by atoms with Crippen LogP contribution in [0.3, 0.4) is 0 Å². The Morgan fingerprint density at radius 3 is 2.68 bits per heavy atom. The molecule has 5 nitrogen and oxygen atoms in total. The molecule has 0 aliphatic carbocycles. The van der Waals surface area contributed by atoms with Crippen LogP contribution in [-0.4, -0.2) is 23.2 Å². The molecule has 0 saturated heterocycles. The average molecular weight is 264 g/mol. The maximum absolute atomic E-state index is 11.4. The second-order valence-corrected chi connectivity index (χ2v) is 5.19. The van der Waals surface area contributed by atoms with Gasteiger partial charge in [0.25, 0.3) is 0 Å². The highest BCUT2D eigenvalue weighted by Gasteiger charge is 2.14. The van der Waals surface area contributed by atoms with Crippen LogP contribution in [0.4, 0.5) is 4.79 Å². The van der Waals surface area contributed by atoms with Crippen LogP contribution in [0.15, 0.2) is 23.0 Å². The molecule has 0 aromatic carbocycles. The minimum atomic E-state index is -0.497. The lowest BCUT2D eigenvalue weighted by molar-refractivity contribution is 0.0534. The fourth-order valence-corrected chi connectivity index (χ4v) is 1.41. The number of aryl methyl sites for hydroxylation is 1. The van der Waals surface area contributed by atoms with Crippen LogP contribution < -0.4 is 10.9 Å². The fraction of sp³-hybridized carbons (Fsp3) is 0.429. The van der Waals surface area contributed by atoms with E-state index >= 15 is 0 Å². The highest BCUT2D eigenvalue weighted by Crippen LogP contribution is 2.06. The third-order valence-electron chi connectivity index (χ3n) is 2.22. The summed E-state index contributed by atoms with van der Waals surface area (Å²) in [7, 11) is 0. The maximum atomic E-state index is 11.4. The first-order valence-corrected chi connectivity index (χ1v) is 6.11. The number of carbonyl (C=O) groups is 1. The number of alkyl carbamates (subject to hydrolysis) is 1. The van der Waals surface area contributed by atoms with Gasteiger partial charge in [-0.15, -0.1) is 0 Å². The lowest BCUT2D eigenvalue weighted by Crippen LogP contribution is -2.32. The fourth-order valence-electron chi connectivity index (χ4n) is 1.41. The largest absolute Gasteiger partial charge is 0.444 e. The summed E-state index contributed by atoms with van der Waals surface area (Å²) in [6, 6.07) is 3.20. The zero-order chi connectivity index (χ0) is 14.5. The van der Waals surface area contributed by atoms with Gasteiger partial charge in [0.05, 0.1) is 0 Å². The molecule has 0 saturated carbocycles. The van der Waals surface area contributed by atoms with Crippen molar-refractivity contribution in [3.05, 3.63) is 39.8 Å². The lowest BCUT2D eigenvalue weighted by atomic mass is 10.2.